The molecule has 13 heavy (non-hydrogen) atoms. The van der Waals surface area contributed by atoms with E-state index in [0.29, 0.717) is 0 Å². The van der Waals surface area contributed by atoms with Crippen LogP contribution in [-0.2, 0) is 0 Å². The molecule has 0 unspecified atom stereocenters. The van der Waals surface area contributed by atoms with Crippen LogP contribution in [0.3, 0.4) is 0 Å². The molecule has 0 aromatic carbocycles. The molecule has 0 aliphatic carbocycles. The maximum absolute atomic E-state index is 11.7. The molecule has 0 aliphatic heterocycles. The predicted molar refractivity (Wildman–Crippen MR) is 40.2 cm³/mol. The number of hydrogen-bond acceptors (Lipinski definition) is 4. The number of methoxy groups -OCH3 is 1. The summed E-state index contributed by atoms with van der Waals surface area (Å²) in [5, 5.41) is 6.59. The number of rotatable bonds is 3. The molecule has 1 aromatic rings. The van der Waals surface area contributed by atoms with Gasteiger partial charge in [0, 0.05) is 6.07 Å². The Morgan fingerprint density at radius 3 is 2.69 bits per heavy atom. The molecule has 0 saturated carbocycles. The molecule has 1 heterocycles. The van der Waals surface area contributed by atoms with Gasteiger partial charge in [0.2, 0.25) is 5.88 Å². The van der Waals surface area contributed by atoms with Gasteiger partial charge in [0.05, 0.1) is 7.11 Å². The molecule has 7 heteroatoms. The van der Waals surface area contributed by atoms with Gasteiger partial charge in [-0.2, -0.15) is 8.78 Å². The van der Waals surface area contributed by atoms with Crippen LogP contribution in [0.15, 0.2) is 6.07 Å². The zero-order valence-corrected chi connectivity index (χ0v) is 7.26. The number of alkyl halides is 2. The highest BCUT2D eigenvalue weighted by molar-refractivity contribution is 6.30. The van der Waals surface area contributed by atoms with Gasteiger partial charge in [0.25, 0.3) is 0 Å². The van der Waals surface area contributed by atoms with E-state index in [2.05, 4.69) is 14.9 Å². The third-order valence-electron chi connectivity index (χ3n) is 1.12. The van der Waals surface area contributed by atoms with Crippen molar-refractivity contribution in [2.24, 2.45) is 0 Å². The summed E-state index contributed by atoms with van der Waals surface area (Å²) in [6, 6.07) is 1.13. The van der Waals surface area contributed by atoms with Crippen molar-refractivity contribution in [3.8, 4) is 11.6 Å². The van der Waals surface area contributed by atoms with Crippen LogP contribution in [0.5, 0.6) is 11.6 Å². The van der Waals surface area contributed by atoms with Gasteiger partial charge in [-0.05, 0) is 0 Å². The lowest BCUT2D eigenvalue weighted by Crippen LogP contribution is -2.04. The van der Waals surface area contributed by atoms with E-state index >= 15 is 0 Å². The second-order valence-corrected chi connectivity index (χ2v) is 2.28. The van der Waals surface area contributed by atoms with E-state index in [4.69, 9.17) is 16.3 Å². The highest BCUT2D eigenvalue weighted by atomic mass is 35.5. The van der Waals surface area contributed by atoms with E-state index in [1.807, 2.05) is 0 Å². The summed E-state index contributed by atoms with van der Waals surface area (Å²) >= 11 is 5.49. The molecule has 0 aliphatic rings. The minimum absolute atomic E-state index is 0.0101. The number of ether oxygens (including phenoxy) is 2. The van der Waals surface area contributed by atoms with Gasteiger partial charge in [-0.3, -0.25) is 0 Å². The predicted octanol–water partition coefficient (Wildman–Crippen LogP) is 1.74. The van der Waals surface area contributed by atoms with Crippen molar-refractivity contribution >= 4 is 11.6 Å². The van der Waals surface area contributed by atoms with Gasteiger partial charge in [0.1, 0.15) is 0 Å². The Balaban J connectivity index is 2.86. The summed E-state index contributed by atoms with van der Waals surface area (Å²) in [5.41, 5.74) is 0. The lowest BCUT2D eigenvalue weighted by Gasteiger charge is -2.04. The van der Waals surface area contributed by atoms with Crippen LogP contribution in [0.25, 0.3) is 0 Å². The molecular formula is C6H5ClF2N2O2. The SMILES string of the molecule is COc1cc(OC(F)F)nnc1Cl. The van der Waals surface area contributed by atoms with E-state index in [1.54, 1.807) is 0 Å². The van der Waals surface area contributed by atoms with Gasteiger partial charge >= 0.3 is 6.61 Å². The molecule has 0 radical (unpaired) electrons. The van der Waals surface area contributed by atoms with Gasteiger partial charge in [-0.25, -0.2) is 0 Å². The monoisotopic (exact) mass is 210 g/mol. The zero-order chi connectivity index (χ0) is 9.84. The van der Waals surface area contributed by atoms with Crippen molar-refractivity contribution in [3.63, 3.8) is 0 Å². The molecule has 1 rings (SSSR count). The number of halogens is 3. The van der Waals surface area contributed by atoms with Gasteiger partial charge in [0.15, 0.2) is 10.9 Å². The van der Waals surface area contributed by atoms with E-state index in [0.717, 1.165) is 6.07 Å². The van der Waals surface area contributed by atoms with E-state index in [-0.39, 0.29) is 16.8 Å². The third-order valence-corrected chi connectivity index (χ3v) is 1.39. The zero-order valence-electron chi connectivity index (χ0n) is 6.50. The summed E-state index contributed by atoms with van der Waals surface area (Å²) < 4.78 is 32.1. The molecule has 4 nitrogen and oxygen atoms in total. The summed E-state index contributed by atoms with van der Waals surface area (Å²) in [6.45, 7) is -2.94. The Morgan fingerprint density at radius 1 is 1.46 bits per heavy atom. The Kier molecular flexibility index (Phi) is 3.18. The normalized spacial score (nSPS) is 10.2. The largest absolute Gasteiger partial charge is 0.493 e. The van der Waals surface area contributed by atoms with Crippen molar-refractivity contribution in [3.05, 3.63) is 11.2 Å². The molecule has 0 fully saturated rings. The average molecular weight is 211 g/mol. The second kappa shape index (κ2) is 4.18. The molecule has 0 N–H and O–H groups in total. The van der Waals surface area contributed by atoms with Crippen molar-refractivity contribution in [2.75, 3.05) is 7.11 Å². The molecule has 72 valence electrons. The first kappa shape index (κ1) is 9.91. The molecule has 0 bridgehead atoms. The Hall–Kier alpha value is -1.17. The first-order valence-electron chi connectivity index (χ1n) is 3.15. The van der Waals surface area contributed by atoms with Gasteiger partial charge < -0.3 is 9.47 Å². The van der Waals surface area contributed by atoms with Crippen LogP contribution in [-0.4, -0.2) is 23.9 Å². The van der Waals surface area contributed by atoms with Crippen LogP contribution in [0, 0.1) is 0 Å². The van der Waals surface area contributed by atoms with E-state index < -0.39 is 6.61 Å². The van der Waals surface area contributed by atoms with Gasteiger partial charge in [-0.1, -0.05) is 11.6 Å². The maximum Gasteiger partial charge on any atom is 0.388 e. The van der Waals surface area contributed by atoms with Crippen LogP contribution < -0.4 is 9.47 Å². The molecule has 0 spiro atoms. The molecule has 0 amide bonds. The number of nitrogens with zero attached hydrogens (tertiary/aromatic N) is 2. The minimum Gasteiger partial charge on any atom is -0.493 e. The minimum atomic E-state index is -2.94. The van der Waals surface area contributed by atoms with E-state index in [1.165, 1.54) is 7.11 Å². The van der Waals surface area contributed by atoms with Crippen molar-refractivity contribution < 1.29 is 18.3 Å². The Bertz CT molecular complexity index is 298. The fourth-order valence-corrected chi connectivity index (χ4v) is 0.805. The van der Waals surface area contributed by atoms with Crippen LogP contribution >= 0.6 is 11.6 Å². The van der Waals surface area contributed by atoms with Gasteiger partial charge in [-0.15, -0.1) is 10.2 Å². The van der Waals surface area contributed by atoms with Crippen LogP contribution in [0.2, 0.25) is 5.15 Å². The highest BCUT2D eigenvalue weighted by Gasteiger charge is 2.09. The first-order valence-corrected chi connectivity index (χ1v) is 3.53. The smallest absolute Gasteiger partial charge is 0.388 e. The molecule has 1 aromatic heterocycles. The Labute approximate surface area is 77.4 Å². The third kappa shape index (κ3) is 2.66. The topological polar surface area (TPSA) is 44.2 Å². The quantitative estimate of drug-likeness (QED) is 0.762. The summed E-state index contributed by atoms with van der Waals surface area (Å²) in [6.07, 6.45) is 0. The molecule has 0 saturated heterocycles. The van der Waals surface area contributed by atoms with E-state index in [9.17, 15) is 8.78 Å². The standard InChI is InChI=1S/C6H5ClF2N2O2/c1-12-3-2-4(13-6(8)9)10-11-5(3)7/h2,6H,1H3. The maximum atomic E-state index is 11.7. The van der Waals surface area contributed by atoms with Crippen LogP contribution in [0.1, 0.15) is 0 Å². The second-order valence-electron chi connectivity index (χ2n) is 1.92. The van der Waals surface area contributed by atoms with Crippen molar-refractivity contribution in [1.29, 1.82) is 0 Å². The molecular weight excluding hydrogens is 206 g/mol. The average Bonchev–Trinajstić information content (AvgIpc) is 2.07. The van der Waals surface area contributed by atoms with Crippen molar-refractivity contribution in [1.82, 2.24) is 10.2 Å². The van der Waals surface area contributed by atoms with Crippen molar-refractivity contribution in [2.45, 2.75) is 6.61 Å². The Morgan fingerprint density at radius 2 is 2.15 bits per heavy atom. The van der Waals surface area contributed by atoms with Crippen LogP contribution in [0.4, 0.5) is 8.78 Å². The summed E-state index contributed by atoms with van der Waals surface area (Å²) in [5.74, 6) is -0.205. The lowest BCUT2D eigenvalue weighted by atomic mass is 10.5. The summed E-state index contributed by atoms with van der Waals surface area (Å²) in [7, 11) is 1.33. The molecule has 0 atom stereocenters. The summed E-state index contributed by atoms with van der Waals surface area (Å²) in [4.78, 5) is 0. The number of aromatic nitrogens is 2. The fraction of sp³-hybridized carbons (Fsp3) is 0.333. The highest BCUT2D eigenvalue weighted by Crippen LogP contribution is 2.24. The fourth-order valence-electron chi connectivity index (χ4n) is 0.635. The lowest BCUT2D eigenvalue weighted by molar-refractivity contribution is -0.0535. The first-order chi connectivity index (χ1) is 6.13. The number of hydrogen-bond donors (Lipinski definition) is 0.